The molecule has 3 aromatic rings. The first-order valence-electron chi connectivity index (χ1n) is 9.44. The molecule has 0 fully saturated rings. The fraction of sp³-hybridized carbons (Fsp3) is 0.182. The highest BCUT2D eigenvalue weighted by Crippen LogP contribution is 2.21. The summed E-state index contributed by atoms with van der Waals surface area (Å²) in [5.74, 6) is -0.703. The minimum Gasteiger partial charge on any atom is -0.347 e. The molecule has 9 heteroatoms. The van der Waals surface area contributed by atoms with Crippen LogP contribution in [0.3, 0.4) is 0 Å². The van der Waals surface area contributed by atoms with Gasteiger partial charge in [-0.3, -0.25) is 14.3 Å². The Balaban J connectivity index is 1.73. The largest absolute Gasteiger partial charge is 0.347 e. The van der Waals surface area contributed by atoms with Crippen LogP contribution in [0.5, 0.6) is 0 Å². The molecule has 3 rings (SSSR count). The highest BCUT2D eigenvalue weighted by atomic mass is 32.2. The van der Waals surface area contributed by atoms with Crippen LogP contribution in [0.1, 0.15) is 41.5 Å². The third kappa shape index (κ3) is 5.93. The van der Waals surface area contributed by atoms with Gasteiger partial charge in [-0.1, -0.05) is 18.2 Å². The van der Waals surface area contributed by atoms with E-state index in [0.29, 0.717) is 22.5 Å². The van der Waals surface area contributed by atoms with Crippen LogP contribution < -0.4 is 15.4 Å². The molecule has 2 aromatic carbocycles. The molecule has 0 aliphatic carbocycles. The molecular weight excluding hydrogens is 434 g/mol. The summed E-state index contributed by atoms with van der Waals surface area (Å²) < 4.78 is 27.3. The molecule has 1 heterocycles. The number of para-hydroxylation sites is 1. The van der Waals surface area contributed by atoms with E-state index in [1.165, 1.54) is 30.3 Å². The molecule has 0 unspecified atom stereocenters. The van der Waals surface area contributed by atoms with Gasteiger partial charge < -0.3 is 10.6 Å². The standard InChI is InChI=1S/C22H23N3O4S2/c1-22(2,3)24-21(27)17-7-4-5-8-18(17)23-20(26)15-10-12-16(13-11-15)25-31(28,29)19-9-6-14-30-19/h4-14,25H,1-3H3,(H,23,26)(H,24,27). The number of carbonyl (C=O) groups is 2. The third-order valence-corrected chi connectivity index (χ3v) is 6.85. The van der Waals surface area contributed by atoms with E-state index in [1.807, 2.05) is 20.8 Å². The predicted molar refractivity (Wildman–Crippen MR) is 123 cm³/mol. The van der Waals surface area contributed by atoms with Crippen LogP contribution in [0.15, 0.2) is 70.3 Å². The highest BCUT2D eigenvalue weighted by molar-refractivity contribution is 7.94. The molecule has 0 bridgehead atoms. The third-order valence-electron chi connectivity index (χ3n) is 4.07. The molecule has 3 N–H and O–H groups in total. The molecular formula is C22H23N3O4S2. The molecule has 7 nitrogen and oxygen atoms in total. The van der Waals surface area contributed by atoms with E-state index in [-0.39, 0.29) is 10.1 Å². The number of carbonyl (C=O) groups excluding carboxylic acids is 2. The lowest BCUT2D eigenvalue weighted by molar-refractivity contribution is 0.0920. The van der Waals surface area contributed by atoms with Crippen molar-refractivity contribution in [1.82, 2.24) is 5.32 Å². The number of sulfonamides is 1. The molecule has 162 valence electrons. The van der Waals surface area contributed by atoms with Crippen molar-refractivity contribution in [1.29, 1.82) is 0 Å². The van der Waals surface area contributed by atoms with Gasteiger partial charge in [0.25, 0.3) is 21.8 Å². The Kier molecular flexibility index (Phi) is 6.47. The van der Waals surface area contributed by atoms with Gasteiger partial charge in [-0.25, -0.2) is 8.42 Å². The Morgan fingerprint density at radius 2 is 1.55 bits per heavy atom. The monoisotopic (exact) mass is 457 g/mol. The summed E-state index contributed by atoms with van der Waals surface area (Å²) in [5, 5.41) is 7.30. The lowest BCUT2D eigenvalue weighted by Crippen LogP contribution is -2.40. The molecule has 0 saturated heterocycles. The van der Waals surface area contributed by atoms with Crippen molar-refractivity contribution in [2.24, 2.45) is 0 Å². The molecule has 0 aliphatic rings. The van der Waals surface area contributed by atoms with Gasteiger partial charge in [0.1, 0.15) is 4.21 Å². The number of hydrogen-bond donors (Lipinski definition) is 3. The van der Waals surface area contributed by atoms with Gasteiger partial charge >= 0.3 is 0 Å². The maximum Gasteiger partial charge on any atom is 0.271 e. The van der Waals surface area contributed by atoms with Crippen molar-refractivity contribution in [2.75, 3.05) is 10.0 Å². The Hall–Kier alpha value is -3.17. The zero-order valence-electron chi connectivity index (χ0n) is 17.3. The smallest absolute Gasteiger partial charge is 0.271 e. The summed E-state index contributed by atoms with van der Waals surface area (Å²) in [6.45, 7) is 5.63. The molecule has 2 amide bonds. The van der Waals surface area contributed by atoms with Crippen molar-refractivity contribution in [3.63, 3.8) is 0 Å². The fourth-order valence-electron chi connectivity index (χ4n) is 2.70. The van der Waals surface area contributed by atoms with Crippen LogP contribution >= 0.6 is 11.3 Å². The van der Waals surface area contributed by atoms with Crippen molar-refractivity contribution >= 4 is 44.5 Å². The van der Waals surface area contributed by atoms with Gasteiger partial charge in [0, 0.05) is 16.8 Å². The molecule has 0 atom stereocenters. The van der Waals surface area contributed by atoms with E-state index in [9.17, 15) is 18.0 Å². The van der Waals surface area contributed by atoms with Gasteiger partial charge in [0.05, 0.1) is 11.3 Å². The maximum atomic E-state index is 12.7. The molecule has 1 aromatic heterocycles. The molecule has 0 aliphatic heterocycles. The van der Waals surface area contributed by atoms with Crippen LogP contribution in [0, 0.1) is 0 Å². The van der Waals surface area contributed by atoms with E-state index in [1.54, 1.807) is 35.7 Å². The Morgan fingerprint density at radius 3 is 2.16 bits per heavy atom. The first-order chi connectivity index (χ1) is 14.5. The highest BCUT2D eigenvalue weighted by Gasteiger charge is 2.19. The zero-order chi connectivity index (χ0) is 22.6. The zero-order valence-corrected chi connectivity index (χ0v) is 18.9. The number of amides is 2. The number of hydrogen-bond acceptors (Lipinski definition) is 5. The SMILES string of the molecule is CC(C)(C)NC(=O)c1ccccc1NC(=O)c1ccc(NS(=O)(=O)c2cccs2)cc1. The lowest BCUT2D eigenvalue weighted by atomic mass is 10.1. The summed E-state index contributed by atoms with van der Waals surface area (Å²) in [6.07, 6.45) is 0. The second-order valence-corrected chi connectivity index (χ2v) is 10.7. The number of nitrogens with one attached hydrogen (secondary N) is 3. The second-order valence-electron chi connectivity index (χ2n) is 7.82. The van der Waals surface area contributed by atoms with Gasteiger partial charge in [-0.05, 0) is 68.6 Å². The summed E-state index contributed by atoms with van der Waals surface area (Å²) in [5.41, 5.74) is 0.989. The number of anilines is 2. The molecule has 0 radical (unpaired) electrons. The van der Waals surface area contributed by atoms with E-state index in [0.717, 1.165) is 11.3 Å². The van der Waals surface area contributed by atoms with E-state index in [4.69, 9.17) is 0 Å². The van der Waals surface area contributed by atoms with Gasteiger partial charge in [-0.15, -0.1) is 11.3 Å². The van der Waals surface area contributed by atoms with Crippen LogP contribution in [-0.4, -0.2) is 25.8 Å². The van der Waals surface area contributed by atoms with E-state index < -0.39 is 21.5 Å². The van der Waals surface area contributed by atoms with E-state index >= 15 is 0 Å². The van der Waals surface area contributed by atoms with Crippen LogP contribution in [0.25, 0.3) is 0 Å². The normalized spacial score (nSPS) is 11.6. The van der Waals surface area contributed by atoms with Crippen molar-refractivity contribution < 1.29 is 18.0 Å². The summed E-state index contributed by atoms with van der Waals surface area (Å²) in [6, 6.07) is 16.0. The summed E-state index contributed by atoms with van der Waals surface area (Å²) >= 11 is 1.12. The summed E-state index contributed by atoms with van der Waals surface area (Å²) in [7, 11) is -3.66. The van der Waals surface area contributed by atoms with Crippen LogP contribution in [-0.2, 0) is 10.0 Å². The molecule has 0 saturated carbocycles. The average Bonchev–Trinajstić information content (AvgIpc) is 3.23. The van der Waals surface area contributed by atoms with Crippen molar-refractivity contribution in [3.05, 3.63) is 77.2 Å². The quantitative estimate of drug-likeness (QED) is 0.512. The van der Waals surface area contributed by atoms with Crippen molar-refractivity contribution in [2.45, 2.75) is 30.5 Å². The van der Waals surface area contributed by atoms with Gasteiger partial charge in [-0.2, -0.15) is 0 Å². The Morgan fingerprint density at radius 1 is 0.871 bits per heavy atom. The number of rotatable bonds is 6. The second kappa shape index (κ2) is 8.91. The van der Waals surface area contributed by atoms with Crippen molar-refractivity contribution in [3.8, 4) is 0 Å². The number of benzene rings is 2. The predicted octanol–water partition coefficient (Wildman–Crippen LogP) is 4.33. The minimum absolute atomic E-state index is 0.208. The Bertz CT molecular complexity index is 1180. The first-order valence-corrected chi connectivity index (χ1v) is 11.8. The molecule has 31 heavy (non-hydrogen) atoms. The fourth-order valence-corrected chi connectivity index (χ4v) is 4.76. The average molecular weight is 458 g/mol. The topological polar surface area (TPSA) is 104 Å². The number of thiophene rings is 1. The van der Waals surface area contributed by atoms with Crippen LogP contribution in [0.2, 0.25) is 0 Å². The van der Waals surface area contributed by atoms with Gasteiger partial charge in [0.2, 0.25) is 0 Å². The maximum absolute atomic E-state index is 12.7. The van der Waals surface area contributed by atoms with Gasteiger partial charge in [0.15, 0.2) is 0 Å². The van der Waals surface area contributed by atoms with Crippen LogP contribution in [0.4, 0.5) is 11.4 Å². The minimum atomic E-state index is -3.66. The molecule has 0 spiro atoms. The van der Waals surface area contributed by atoms with E-state index in [2.05, 4.69) is 15.4 Å². The first kappa shape index (κ1) is 22.5. The Labute approximate surface area is 185 Å². The summed E-state index contributed by atoms with van der Waals surface area (Å²) in [4.78, 5) is 25.2. The lowest BCUT2D eigenvalue weighted by Gasteiger charge is -2.21.